The molecule has 1 saturated heterocycles. The number of fused-ring (bicyclic) bond motifs is 1. The van der Waals surface area contributed by atoms with Crippen LogP contribution in [0.3, 0.4) is 0 Å². The van der Waals surface area contributed by atoms with Crippen LogP contribution in [-0.4, -0.2) is 45.8 Å². The Morgan fingerprint density at radius 3 is 2.97 bits per heavy atom. The molecule has 6 heteroatoms. The van der Waals surface area contributed by atoms with Crippen LogP contribution in [0.5, 0.6) is 5.75 Å². The van der Waals surface area contributed by atoms with Gasteiger partial charge in [0.05, 0.1) is 24.4 Å². The maximum atomic E-state index is 5.97. The summed E-state index contributed by atoms with van der Waals surface area (Å²) in [6, 6.07) is 20.6. The van der Waals surface area contributed by atoms with Gasteiger partial charge in [-0.3, -0.25) is 9.88 Å². The average molecular weight is 429 g/mol. The van der Waals surface area contributed by atoms with E-state index in [4.69, 9.17) is 9.47 Å². The van der Waals surface area contributed by atoms with Gasteiger partial charge in [-0.05, 0) is 59.9 Å². The van der Waals surface area contributed by atoms with Gasteiger partial charge < -0.3 is 9.47 Å². The molecule has 4 aromatic rings. The molecule has 0 saturated carbocycles. The van der Waals surface area contributed by atoms with Crippen LogP contribution >= 0.6 is 0 Å². The molecular weight excluding hydrogens is 400 g/mol. The molecule has 1 fully saturated rings. The monoisotopic (exact) mass is 428 g/mol. The summed E-state index contributed by atoms with van der Waals surface area (Å²) in [5, 5.41) is 4.36. The summed E-state index contributed by atoms with van der Waals surface area (Å²) in [6.45, 7) is 4.87. The summed E-state index contributed by atoms with van der Waals surface area (Å²) in [7, 11) is 0. The second-order valence-corrected chi connectivity index (χ2v) is 8.33. The van der Waals surface area contributed by atoms with Crippen LogP contribution in [0.25, 0.3) is 5.52 Å². The largest absolute Gasteiger partial charge is 0.487 e. The summed E-state index contributed by atoms with van der Waals surface area (Å²) in [4.78, 5) is 6.82. The number of ether oxygens (including phenoxy) is 2. The van der Waals surface area contributed by atoms with Gasteiger partial charge >= 0.3 is 0 Å². The molecule has 0 radical (unpaired) electrons. The molecule has 0 unspecified atom stereocenters. The van der Waals surface area contributed by atoms with E-state index in [0.29, 0.717) is 12.5 Å². The normalized spacial score (nSPS) is 17.3. The van der Waals surface area contributed by atoms with Crippen molar-refractivity contribution in [1.29, 1.82) is 0 Å². The Labute approximate surface area is 188 Å². The minimum atomic E-state index is 0.446. The molecule has 32 heavy (non-hydrogen) atoms. The van der Waals surface area contributed by atoms with Crippen LogP contribution in [-0.2, 0) is 24.3 Å². The van der Waals surface area contributed by atoms with Crippen molar-refractivity contribution in [2.45, 2.75) is 19.6 Å². The molecular formula is C26H28N4O2. The molecule has 4 heterocycles. The minimum absolute atomic E-state index is 0.446. The van der Waals surface area contributed by atoms with Crippen LogP contribution in [0.2, 0.25) is 0 Å². The number of rotatable bonds is 7. The Morgan fingerprint density at radius 2 is 2.03 bits per heavy atom. The number of aromatic nitrogens is 3. The third kappa shape index (κ3) is 5.15. The maximum absolute atomic E-state index is 5.97. The van der Waals surface area contributed by atoms with Crippen molar-refractivity contribution < 1.29 is 9.47 Å². The highest BCUT2D eigenvalue weighted by Crippen LogP contribution is 2.21. The number of benzene rings is 1. The smallest absolute Gasteiger partial charge is 0.130 e. The first-order valence-corrected chi connectivity index (χ1v) is 11.2. The lowest BCUT2D eigenvalue weighted by atomic mass is 9.99. The summed E-state index contributed by atoms with van der Waals surface area (Å²) >= 11 is 0. The van der Waals surface area contributed by atoms with Crippen LogP contribution in [0, 0.1) is 5.92 Å². The highest BCUT2D eigenvalue weighted by Gasteiger charge is 2.20. The molecule has 1 aliphatic rings. The number of hydrogen-bond donors (Lipinski definition) is 0. The van der Waals surface area contributed by atoms with Gasteiger partial charge in [-0.25, -0.2) is 4.52 Å². The highest BCUT2D eigenvalue weighted by molar-refractivity contribution is 5.53. The Kier molecular flexibility index (Phi) is 6.42. The van der Waals surface area contributed by atoms with Crippen LogP contribution in [0.4, 0.5) is 0 Å². The molecule has 164 valence electrons. The second kappa shape index (κ2) is 9.94. The van der Waals surface area contributed by atoms with Crippen LogP contribution < -0.4 is 4.74 Å². The lowest BCUT2D eigenvalue weighted by Crippen LogP contribution is -2.30. The lowest BCUT2D eigenvalue weighted by Gasteiger charge is -2.24. The fraction of sp³-hybridized carbons (Fsp3) is 0.308. The zero-order valence-corrected chi connectivity index (χ0v) is 18.1. The van der Waals surface area contributed by atoms with E-state index >= 15 is 0 Å². The van der Waals surface area contributed by atoms with Crippen molar-refractivity contribution in [3.63, 3.8) is 0 Å². The number of pyridine rings is 2. The summed E-state index contributed by atoms with van der Waals surface area (Å²) in [5.74, 6) is 1.32. The molecule has 0 bridgehead atoms. The molecule has 3 aromatic heterocycles. The molecule has 0 spiro atoms. The standard InChI is InChI=1S/C26H28N4O2/c1-2-10-27-24(7-1)20-32-25-8-3-5-21(16-25)17-29-13-14-31-19-22(18-29)15-23-6-4-12-30-26(23)9-11-28-30/h1-12,16,22H,13-15,17-20H2/t22-/m1/s1. The van der Waals surface area contributed by atoms with E-state index in [1.165, 1.54) is 16.6 Å². The molecule has 6 nitrogen and oxygen atoms in total. The highest BCUT2D eigenvalue weighted by atomic mass is 16.5. The van der Waals surface area contributed by atoms with Gasteiger partial charge in [-0.1, -0.05) is 24.3 Å². The van der Waals surface area contributed by atoms with E-state index in [-0.39, 0.29) is 0 Å². The Morgan fingerprint density at radius 1 is 1.03 bits per heavy atom. The van der Waals surface area contributed by atoms with Gasteiger partial charge in [0.1, 0.15) is 12.4 Å². The molecule has 1 atom stereocenters. The van der Waals surface area contributed by atoms with Gasteiger partial charge in [-0.15, -0.1) is 0 Å². The van der Waals surface area contributed by atoms with Gasteiger partial charge in [-0.2, -0.15) is 5.10 Å². The van der Waals surface area contributed by atoms with Crippen molar-refractivity contribution >= 4 is 5.52 Å². The third-order valence-corrected chi connectivity index (χ3v) is 5.87. The van der Waals surface area contributed by atoms with E-state index < -0.39 is 0 Å². The first kappa shape index (κ1) is 20.7. The van der Waals surface area contributed by atoms with Crippen LogP contribution in [0.1, 0.15) is 16.8 Å². The van der Waals surface area contributed by atoms with E-state index in [1.54, 1.807) is 6.20 Å². The Hall–Kier alpha value is -3.22. The third-order valence-electron chi connectivity index (χ3n) is 5.87. The summed E-state index contributed by atoms with van der Waals surface area (Å²) in [5.41, 5.74) is 4.69. The number of nitrogens with zero attached hydrogens (tertiary/aromatic N) is 4. The molecule has 1 aromatic carbocycles. The predicted molar refractivity (Wildman–Crippen MR) is 123 cm³/mol. The first-order chi connectivity index (χ1) is 15.8. The van der Waals surface area contributed by atoms with Crippen LogP contribution in [0.15, 0.2) is 79.3 Å². The van der Waals surface area contributed by atoms with Crippen molar-refractivity contribution in [1.82, 2.24) is 19.5 Å². The summed E-state index contributed by atoms with van der Waals surface area (Å²) in [6.07, 6.45) is 6.63. The van der Waals surface area contributed by atoms with Crippen molar-refractivity contribution in [2.75, 3.05) is 26.3 Å². The van der Waals surface area contributed by atoms with Crippen molar-refractivity contribution in [3.8, 4) is 5.75 Å². The van der Waals surface area contributed by atoms with Gasteiger partial charge in [0.15, 0.2) is 0 Å². The molecule has 0 amide bonds. The zero-order valence-electron chi connectivity index (χ0n) is 18.1. The summed E-state index contributed by atoms with van der Waals surface area (Å²) < 4.78 is 13.9. The topological polar surface area (TPSA) is 51.9 Å². The van der Waals surface area contributed by atoms with Crippen molar-refractivity contribution in [2.24, 2.45) is 5.92 Å². The maximum Gasteiger partial charge on any atom is 0.130 e. The van der Waals surface area contributed by atoms with E-state index in [2.05, 4.69) is 51.4 Å². The average Bonchev–Trinajstić information content (AvgIpc) is 3.21. The van der Waals surface area contributed by atoms with Gasteiger partial charge in [0.2, 0.25) is 0 Å². The van der Waals surface area contributed by atoms with E-state index in [9.17, 15) is 0 Å². The molecule has 1 aliphatic heterocycles. The number of hydrogen-bond acceptors (Lipinski definition) is 5. The Balaban J connectivity index is 1.22. The van der Waals surface area contributed by atoms with Gasteiger partial charge in [0.25, 0.3) is 0 Å². The predicted octanol–water partition coefficient (Wildman–Crippen LogP) is 4.00. The first-order valence-electron chi connectivity index (χ1n) is 11.2. The quantitative estimate of drug-likeness (QED) is 0.445. The molecule has 0 N–H and O–H groups in total. The molecule has 5 rings (SSSR count). The lowest BCUT2D eigenvalue weighted by molar-refractivity contribution is 0.122. The van der Waals surface area contributed by atoms with E-state index in [1.807, 2.05) is 41.2 Å². The molecule has 0 aliphatic carbocycles. The minimum Gasteiger partial charge on any atom is -0.487 e. The van der Waals surface area contributed by atoms with E-state index in [0.717, 1.165) is 50.7 Å². The fourth-order valence-corrected chi connectivity index (χ4v) is 4.35. The Bertz CT molecular complexity index is 1140. The van der Waals surface area contributed by atoms with Gasteiger partial charge in [0, 0.05) is 38.2 Å². The fourth-order valence-electron chi connectivity index (χ4n) is 4.35. The zero-order chi connectivity index (χ0) is 21.6. The van der Waals surface area contributed by atoms with Crippen molar-refractivity contribution in [3.05, 3.63) is 96.1 Å². The SMILES string of the molecule is c1ccc(COc2cccc(CN3CCOC[C@H](Cc4cccn5nccc45)C3)c2)nc1. The second-order valence-electron chi connectivity index (χ2n) is 8.33.